The molecule has 0 aliphatic heterocycles. The summed E-state index contributed by atoms with van der Waals surface area (Å²) in [6, 6.07) is 0.153. The van der Waals surface area contributed by atoms with E-state index in [0.29, 0.717) is 6.04 Å². The summed E-state index contributed by atoms with van der Waals surface area (Å²) in [5, 5.41) is 11.3. The SMILES string of the molecule is CC(CNC(=O)N(C)C1CCCC1)C(=O)O. The molecular formula is C11H20N2O3. The molecule has 0 spiro atoms. The largest absolute Gasteiger partial charge is 0.481 e. The number of nitrogens with one attached hydrogen (secondary N) is 1. The van der Waals surface area contributed by atoms with E-state index in [-0.39, 0.29) is 12.6 Å². The number of rotatable bonds is 4. The van der Waals surface area contributed by atoms with Crippen molar-refractivity contribution in [3.8, 4) is 0 Å². The second kappa shape index (κ2) is 5.72. The molecule has 2 amide bonds. The summed E-state index contributed by atoms with van der Waals surface area (Å²) in [6.45, 7) is 1.77. The van der Waals surface area contributed by atoms with Gasteiger partial charge in [-0.2, -0.15) is 0 Å². The fourth-order valence-corrected chi connectivity index (χ4v) is 1.91. The van der Waals surface area contributed by atoms with Gasteiger partial charge in [-0.05, 0) is 12.8 Å². The van der Waals surface area contributed by atoms with Crippen molar-refractivity contribution in [2.75, 3.05) is 13.6 Å². The van der Waals surface area contributed by atoms with Crippen molar-refractivity contribution in [2.45, 2.75) is 38.6 Å². The van der Waals surface area contributed by atoms with Gasteiger partial charge in [-0.3, -0.25) is 4.79 Å². The normalized spacial score (nSPS) is 18.1. The van der Waals surface area contributed by atoms with Gasteiger partial charge in [0.2, 0.25) is 0 Å². The average Bonchev–Trinajstić information content (AvgIpc) is 2.77. The minimum atomic E-state index is -0.885. The summed E-state index contributed by atoms with van der Waals surface area (Å²) in [5.41, 5.74) is 0. The number of aliphatic carboxylic acids is 1. The lowest BCUT2D eigenvalue weighted by molar-refractivity contribution is -0.140. The first kappa shape index (κ1) is 12.8. The highest BCUT2D eigenvalue weighted by Gasteiger charge is 2.23. The van der Waals surface area contributed by atoms with Crippen molar-refractivity contribution in [1.29, 1.82) is 0 Å². The van der Waals surface area contributed by atoms with E-state index in [2.05, 4.69) is 5.32 Å². The number of carboxylic acid groups (broad SMARTS) is 1. The van der Waals surface area contributed by atoms with Crippen LogP contribution in [0.15, 0.2) is 0 Å². The zero-order valence-corrected chi connectivity index (χ0v) is 9.90. The van der Waals surface area contributed by atoms with Crippen LogP contribution in [0.5, 0.6) is 0 Å². The maximum atomic E-state index is 11.7. The highest BCUT2D eigenvalue weighted by atomic mass is 16.4. The third-order valence-electron chi connectivity index (χ3n) is 3.17. The second-order valence-corrected chi connectivity index (χ2v) is 4.47. The predicted octanol–water partition coefficient (Wildman–Crippen LogP) is 1.29. The molecule has 5 heteroatoms. The Balaban J connectivity index is 2.31. The van der Waals surface area contributed by atoms with Crippen LogP contribution < -0.4 is 5.32 Å². The van der Waals surface area contributed by atoms with Crippen LogP contribution in [0.1, 0.15) is 32.6 Å². The van der Waals surface area contributed by atoms with Gasteiger partial charge in [0.15, 0.2) is 0 Å². The van der Waals surface area contributed by atoms with E-state index in [1.807, 2.05) is 0 Å². The van der Waals surface area contributed by atoms with Crippen LogP contribution in [0, 0.1) is 5.92 Å². The Morgan fingerprint density at radius 1 is 1.44 bits per heavy atom. The van der Waals surface area contributed by atoms with Gasteiger partial charge in [0.1, 0.15) is 0 Å². The third kappa shape index (κ3) is 3.40. The average molecular weight is 228 g/mol. The molecule has 0 aromatic heterocycles. The number of hydrogen-bond acceptors (Lipinski definition) is 2. The van der Waals surface area contributed by atoms with Gasteiger partial charge in [-0.1, -0.05) is 19.8 Å². The highest BCUT2D eigenvalue weighted by Crippen LogP contribution is 2.22. The Bertz CT molecular complexity index is 262. The lowest BCUT2D eigenvalue weighted by Crippen LogP contribution is -2.44. The Morgan fingerprint density at radius 2 is 2.00 bits per heavy atom. The van der Waals surface area contributed by atoms with Gasteiger partial charge in [-0.25, -0.2) is 4.79 Å². The van der Waals surface area contributed by atoms with Crippen LogP contribution in [0.2, 0.25) is 0 Å². The van der Waals surface area contributed by atoms with Crippen LogP contribution in [0.3, 0.4) is 0 Å². The molecular weight excluding hydrogens is 208 g/mol. The number of hydrogen-bond donors (Lipinski definition) is 2. The first-order valence-corrected chi connectivity index (χ1v) is 5.76. The zero-order chi connectivity index (χ0) is 12.1. The van der Waals surface area contributed by atoms with E-state index >= 15 is 0 Å². The Labute approximate surface area is 95.8 Å². The van der Waals surface area contributed by atoms with Crippen molar-refractivity contribution in [3.63, 3.8) is 0 Å². The zero-order valence-electron chi connectivity index (χ0n) is 9.90. The number of carbonyl (C=O) groups is 2. The van der Waals surface area contributed by atoms with Crippen molar-refractivity contribution in [1.82, 2.24) is 10.2 Å². The van der Waals surface area contributed by atoms with E-state index in [1.165, 1.54) is 12.8 Å². The quantitative estimate of drug-likeness (QED) is 0.761. The molecule has 0 heterocycles. The first-order valence-electron chi connectivity index (χ1n) is 5.76. The molecule has 16 heavy (non-hydrogen) atoms. The maximum Gasteiger partial charge on any atom is 0.317 e. The van der Waals surface area contributed by atoms with Crippen LogP contribution in [-0.2, 0) is 4.79 Å². The number of amides is 2. The van der Waals surface area contributed by atoms with E-state index in [4.69, 9.17) is 5.11 Å². The molecule has 5 nitrogen and oxygen atoms in total. The predicted molar refractivity (Wildman–Crippen MR) is 60.2 cm³/mol. The van der Waals surface area contributed by atoms with Crippen LogP contribution in [-0.4, -0.2) is 41.6 Å². The second-order valence-electron chi connectivity index (χ2n) is 4.47. The van der Waals surface area contributed by atoms with Crippen molar-refractivity contribution >= 4 is 12.0 Å². The van der Waals surface area contributed by atoms with E-state index < -0.39 is 11.9 Å². The smallest absolute Gasteiger partial charge is 0.317 e. The van der Waals surface area contributed by atoms with Gasteiger partial charge in [0.05, 0.1) is 5.92 Å². The Morgan fingerprint density at radius 3 is 2.50 bits per heavy atom. The summed E-state index contributed by atoms with van der Waals surface area (Å²) >= 11 is 0. The summed E-state index contributed by atoms with van der Waals surface area (Å²) in [4.78, 5) is 23.9. The monoisotopic (exact) mass is 228 g/mol. The van der Waals surface area contributed by atoms with Crippen LogP contribution in [0.4, 0.5) is 4.79 Å². The number of nitrogens with zero attached hydrogens (tertiary/aromatic N) is 1. The number of carboxylic acids is 1. The molecule has 1 unspecified atom stereocenters. The van der Waals surface area contributed by atoms with Gasteiger partial charge in [0.25, 0.3) is 0 Å². The summed E-state index contributed by atoms with van der Waals surface area (Å²) < 4.78 is 0. The lowest BCUT2D eigenvalue weighted by atomic mass is 10.2. The van der Waals surface area contributed by atoms with E-state index in [1.54, 1.807) is 18.9 Å². The molecule has 0 radical (unpaired) electrons. The fourth-order valence-electron chi connectivity index (χ4n) is 1.91. The molecule has 1 aliphatic carbocycles. The molecule has 0 bridgehead atoms. The van der Waals surface area contributed by atoms with Gasteiger partial charge in [-0.15, -0.1) is 0 Å². The van der Waals surface area contributed by atoms with Crippen LogP contribution >= 0.6 is 0 Å². The highest BCUT2D eigenvalue weighted by molar-refractivity contribution is 5.76. The Hall–Kier alpha value is -1.26. The topological polar surface area (TPSA) is 69.6 Å². The summed E-state index contributed by atoms with van der Waals surface area (Å²) in [5.74, 6) is -1.43. The first-order chi connectivity index (χ1) is 7.52. The minimum absolute atomic E-state index is 0.167. The van der Waals surface area contributed by atoms with E-state index in [9.17, 15) is 9.59 Å². The molecule has 92 valence electrons. The summed E-state index contributed by atoms with van der Waals surface area (Å²) in [6.07, 6.45) is 4.46. The molecule has 0 aromatic rings. The molecule has 1 aliphatic rings. The van der Waals surface area contributed by atoms with Crippen LogP contribution in [0.25, 0.3) is 0 Å². The molecule has 1 atom stereocenters. The molecule has 2 N–H and O–H groups in total. The summed E-state index contributed by atoms with van der Waals surface area (Å²) in [7, 11) is 1.77. The Kier molecular flexibility index (Phi) is 4.58. The maximum absolute atomic E-state index is 11.7. The van der Waals surface area contributed by atoms with Crippen molar-refractivity contribution in [3.05, 3.63) is 0 Å². The van der Waals surface area contributed by atoms with Gasteiger partial charge < -0.3 is 15.3 Å². The molecule has 1 fully saturated rings. The van der Waals surface area contributed by atoms with Crippen molar-refractivity contribution in [2.24, 2.45) is 5.92 Å². The number of urea groups is 1. The lowest BCUT2D eigenvalue weighted by Gasteiger charge is -2.24. The third-order valence-corrected chi connectivity index (χ3v) is 3.17. The fraction of sp³-hybridized carbons (Fsp3) is 0.818. The van der Waals surface area contributed by atoms with E-state index in [0.717, 1.165) is 12.8 Å². The minimum Gasteiger partial charge on any atom is -0.481 e. The molecule has 1 rings (SSSR count). The molecule has 0 saturated heterocycles. The van der Waals surface area contributed by atoms with Crippen molar-refractivity contribution < 1.29 is 14.7 Å². The molecule has 0 aromatic carbocycles. The molecule has 1 saturated carbocycles. The van der Waals surface area contributed by atoms with Gasteiger partial charge >= 0.3 is 12.0 Å². The van der Waals surface area contributed by atoms with Gasteiger partial charge in [0, 0.05) is 19.6 Å². The standard InChI is InChI=1S/C11H20N2O3/c1-8(10(14)15)7-12-11(16)13(2)9-5-3-4-6-9/h8-9H,3-7H2,1-2H3,(H,12,16)(H,14,15). The number of carbonyl (C=O) groups excluding carboxylic acids is 1.